The third kappa shape index (κ3) is 3.00. The number of aromatic nitrogens is 1. The van der Waals surface area contributed by atoms with Gasteiger partial charge in [0.25, 0.3) is 5.95 Å². The van der Waals surface area contributed by atoms with Gasteiger partial charge in [0.2, 0.25) is 0 Å². The molecule has 2 aliphatic rings. The topological polar surface area (TPSA) is 70.9 Å². The van der Waals surface area contributed by atoms with Gasteiger partial charge in [-0.1, -0.05) is 22.8 Å². The predicted molar refractivity (Wildman–Crippen MR) is 97.0 cm³/mol. The van der Waals surface area contributed by atoms with Gasteiger partial charge in [-0.25, -0.2) is 4.98 Å². The molecule has 0 N–H and O–H groups in total. The second kappa shape index (κ2) is 6.45. The van der Waals surface area contributed by atoms with E-state index in [9.17, 15) is 4.39 Å². The first-order valence-corrected chi connectivity index (χ1v) is 8.97. The van der Waals surface area contributed by atoms with Gasteiger partial charge < -0.3 is 4.74 Å². The average molecular weight is 373 g/mol. The van der Waals surface area contributed by atoms with E-state index in [1.54, 1.807) is 19.1 Å². The van der Waals surface area contributed by atoms with Crippen molar-refractivity contribution in [2.75, 3.05) is 13.2 Å². The summed E-state index contributed by atoms with van der Waals surface area (Å²) in [4.78, 5) is 6.76. The Hall–Kier alpha value is -2.30. The summed E-state index contributed by atoms with van der Waals surface area (Å²) < 4.78 is 19.9. The van der Waals surface area contributed by atoms with Crippen molar-refractivity contribution in [1.29, 1.82) is 0 Å². The van der Waals surface area contributed by atoms with Crippen LogP contribution in [0.1, 0.15) is 35.6 Å². The summed E-state index contributed by atoms with van der Waals surface area (Å²) in [5.74, 6) is 0.532. The van der Waals surface area contributed by atoms with Gasteiger partial charge in [0.1, 0.15) is 0 Å². The quantitative estimate of drug-likeness (QED) is 0.308. The molecule has 0 aliphatic heterocycles. The van der Waals surface area contributed by atoms with Crippen molar-refractivity contribution < 1.29 is 9.13 Å². The molecule has 1 heterocycles. The number of hydrogen-bond acceptors (Lipinski definition) is 3. The standard InChI is InChI=1S/C19H18ClFN4O/c1-11-2-5-17(18(21)24-11)26-10-19(9-23-25-22)8-12-6-14(12)15-7-13(20)3-4-16(15)19/h2-5,7,12,14H,6,8-10H2,1H3/t12-,14-,19-/m0/s1. The summed E-state index contributed by atoms with van der Waals surface area (Å²) in [5.41, 5.74) is 11.3. The number of halogens is 2. The molecule has 3 atom stereocenters. The van der Waals surface area contributed by atoms with Gasteiger partial charge in [0, 0.05) is 27.6 Å². The Kier molecular flexibility index (Phi) is 4.25. The van der Waals surface area contributed by atoms with Crippen molar-refractivity contribution in [3.63, 3.8) is 0 Å². The second-order valence-electron chi connectivity index (χ2n) is 7.24. The molecule has 7 heteroatoms. The normalized spacial score (nSPS) is 25.7. The number of rotatable bonds is 5. The molecule has 0 saturated heterocycles. The molecule has 0 radical (unpaired) electrons. The van der Waals surface area contributed by atoms with E-state index >= 15 is 0 Å². The van der Waals surface area contributed by atoms with Crippen LogP contribution in [-0.2, 0) is 5.41 Å². The van der Waals surface area contributed by atoms with Gasteiger partial charge in [-0.3, -0.25) is 0 Å². The Morgan fingerprint density at radius 2 is 2.27 bits per heavy atom. The van der Waals surface area contributed by atoms with Crippen LogP contribution >= 0.6 is 11.6 Å². The van der Waals surface area contributed by atoms with E-state index in [0.29, 0.717) is 22.6 Å². The highest BCUT2D eigenvalue weighted by Gasteiger charge is 2.52. The van der Waals surface area contributed by atoms with Gasteiger partial charge in [-0.2, -0.15) is 4.39 Å². The molecule has 0 spiro atoms. The van der Waals surface area contributed by atoms with Crippen LogP contribution in [0, 0.1) is 18.8 Å². The SMILES string of the molecule is Cc1ccc(OC[C@@]2(CN=[N+]=[N-])C[C@@H]3C[C@@H]3c3cc(Cl)ccc32)c(F)n1. The van der Waals surface area contributed by atoms with Crippen LogP contribution in [0.2, 0.25) is 5.02 Å². The van der Waals surface area contributed by atoms with E-state index in [-0.39, 0.29) is 18.9 Å². The number of fused-ring (bicyclic) bond motifs is 3. The van der Waals surface area contributed by atoms with Crippen molar-refractivity contribution in [2.24, 2.45) is 11.0 Å². The minimum Gasteiger partial charge on any atom is -0.488 e. The number of pyridine rings is 1. The summed E-state index contributed by atoms with van der Waals surface area (Å²) >= 11 is 6.20. The minimum absolute atomic E-state index is 0.115. The fraction of sp³-hybridized carbons (Fsp3) is 0.421. The first-order chi connectivity index (χ1) is 12.5. The maximum absolute atomic E-state index is 14.1. The number of aryl methyl sites for hydroxylation is 1. The van der Waals surface area contributed by atoms with Crippen molar-refractivity contribution in [1.82, 2.24) is 4.98 Å². The highest BCUT2D eigenvalue weighted by atomic mass is 35.5. The number of nitrogens with zero attached hydrogens (tertiary/aromatic N) is 4. The zero-order valence-electron chi connectivity index (χ0n) is 14.3. The van der Waals surface area contributed by atoms with Crippen molar-refractivity contribution in [3.05, 3.63) is 68.6 Å². The van der Waals surface area contributed by atoms with Crippen LogP contribution in [0.3, 0.4) is 0 Å². The van der Waals surface area contributed by atoms with Gasteiger partial charge >= 0.3 is 0 Å². The monoisotopic (exact) mass is 372 g/mol. The molecule has 1 aromatic carbocycles. The zero-order valence-corrected chi connectivity index (χ0v) is 15.1. The lowest BCUT2D eigenvalue weighted by molar-refractivity contribution is 0.188. The molecule has 0 unspecified atom stereocenters. The van der Waals surface area contributed by atoms with Crippen LogP contribution in [-0.4, -0.2) is 18.1 Å². The summed E-state index contributed by atoms with van der Waals surface area (Å²) in [6.45, 7) is 2.22. The summed E-state index contributed by atoms with van der Waals surface area (Å²) in [6, 6.07) is 9.14. The highest BCUT2D eigenvalue weighted by Crippen LogP contribution is 2.60. The van der Waals surface area contributed by atoms with E-state index in [4.69, 9.17) is 21.9 Å². The maximum Gasteiger partial charge on any atom is 0.255 e. The average Bonchev–Trinajstić information content (AvgIpc) is 3.38. The third-order valence-corrected chi connectivity index (χ3v) is 5.69. The molecule has 5 nitrogen and oxygen atoms in total. The largest absolute Gasteiger partial charge is 0.488 e. The summed E-state index contributed by atoms with van der Waals surface area (Å²) in [7, 11) is 0. The minimum atomic E-state index is -0.625. The fourth-order valence-corrected chi connectivity index (χ4v) is 4.30. The Balaban J connectivity index is 1.70. The Labute approximate surface area is 155 Å². The lowest BCUT2D eigenvalue weighted by Crippen LogP contribution is -2.40. The molecule has 26 heavy (non-hydrogen) atoms. The van der Waals surface area contributed by atoms with Crippen LogP contribution in [0.5, 0.6) is 5.75 Å². The van der Waals surface area contributed by atoms with E-state index in [0.717, 1.165) is 18.4 Å². The van der Waals surface area contributed by atoms with Crippen molar-refractivity contribution in [2.45, 2.75) is 31.1 Å². The lowest BCUT2D eigenvalue weighted by atomic mass is 9.70. The van der Waals surface area contributed by atoms with Gasteiger partial charge in [-0.05, 0) is 72.5 Å². The Morgan fingerprint density at radius 3 is 3.04 bits per heavy atom. The molecule has 1 aromatic heterocycles. The first kappa shape index (κ1) is 17.1. The maximum atomic E-state index is 14.1. The van der Waals surface area contributed by atoms with Crippen molar-refractivity contribution >= 4 is 11.6 Å². The first-order valence-electron chi connectivity index (χ1n) is 8.59. The van der Waals surface area contributed by atoms with E-state index in [2.05, 4.69) is 15.0 Å². The van der Waals surface area contributed by atoms with E-state index in [1.165, 1.54) is 5.56 Å². The number of ether oxygens (including phenoxy) is 1. The molecule has 2 aliphatic carbocycles. The van der Waals surface area contributed by atoms with E-state index in [1.807, 2.05) is 18.2 Å². The van der Waals surface area contributed by atoms with Gasteiger partial charge in [0.15, 0.2) is 5.75 Å². The Morgan fingerprint density at radius 1 is 1.42 bits per heavy atom. The zero-order chi connectivity index (χ0) is 18.3. The molecular formula is C19H18ClFN4O. The molecule has 0 amide bonds. The van der Waals surface area contributed by atoms with Crippen LogP contribution in [0.15, 0.2) is 35.4 Å². The summed E-state index contributed by atoms with van der Waals surface area (Å²) in [5, 5.41) is 4.55. The van der Waals surface area contributed by atoms with Gasteiger partial charge in [0.05, 0.1) is 6.61 Å². The van der Waals surface area contributed by atoms with Crippen LogP contribution in [0.25, 0.3) is 10.4 Å². The number of hydrogen-bond donors (Lipinski definition) is 0. The molecule has 1 saturated carbocycles. The highest BCUT2D eigenvalue weighted by molar-refractivity contribution is 6.30. The fourth-order valence-electron chi connectivity index (χ4n) is 4.12. The number of azide groups is 1. The molecule has 134 valence electrons. The lowest BCUT2D eigenvalue weighted by Gasteiger charge is -2.38. The van der Waals surface area contributed by atoms with Crippen LogP contribution in [0.4, 0.5) is 4.39 Å². The van der Waals surface area contributed by atoms with Gasteiger partial charge in [-0.15, -0.1) is 0 Å². The molecule has 2 aromatic rings. The third-order valence-electron chi connectivity index (χ3n) is 5.45. The molecule has 0 bridgehead atoms. The summed E-state index contributed by atoms with van der Waals surface area (Å²) in [6.07, 6.45) is 1.96. The van der Waals surface area contributed by atoms with Crippen LogP contribution < -0.4 is 4.74 Å². The predicted octanol–water partition coefficient (Wildman–Crippen LogP) is 5.32. The Bertz CT molecular complexity index is 914. The number of benzene rings is 1. The van der Waals surface area contributed by atoms with Crippen molar-refractivity contribution in [3.8, 4) is 5.75 Å². The smallest absolute Gasteiger partial charge is 0.255 e. The molecule has 1 fully saturated rings. The van der Waals surface area contributed by atoms with E-state index < -0.39 is 11.4 Å². The molecular weight excluding hydrogens is 355 g/mol. The second-order valence-corrected chi connectivity index (χ2v) is 7.67. The molecule has 4 rings (SSSR count).